The summed E-state index contributed by atoms with van der Waals surface area (Å²) in [6.45, 7) is 4.49. The topological polar surface area (TPSA) is 25.8 Å². The first kappa shape index (κ1) is 19.1. The van der Waals surface area contributed by atoms with Gasteiger partial charge in [-0.2, -0.15) is 0 Å². The molecule has 2 nitrogen and oxygen atoms in total. The van der Waals surface area contributed by atoms with E-state index in [0.29, 0.717) is 5.92 Å². The quantitative estimate of drug-likeness (QED) is 0.501. The molecule has 140 valence electrons. The third-order valence-electron chi connectivity index (χ3n) is 5.88. The van der Waals surface area contributed by atoms with E-state index in [0.717, 1.165) is 18.2 Å². The molecule has 1 aliphatic carbocycles. The molecular weight excluding hydrogens is 316 g/mol. The van der Waals surface area contributed by atoms with Crippen LogP contribution in [0, 0.1) is 0 Å². The van der Waals surface area contributed by atoms with E-state index < -0.39 is 0 Å². The molecule has 0 radical (unpaired) electrons. The van der Waals surface area contributed by atoms with Crippen LogP contribution in [0.1, 0.15) is 99.6 Å². The zero-order chi connectivity index (χ0) is 18.2. The van der Waals surface area contributed by atoms with Gasteiger partial charge in [0.25, 0.3) is 0 Å². The highest BCUT2D eigenvalue weighted by molar-refractivity contribution is 5.26. The Bertz CT molecular complexity index is 637. The minimum absolute atomic E-state index is 0.551. The van der Waals surface area contributed by atoms with Gasteiger partial charge in [0, 0.05) is 18.3 Å². The molecule has 1 fully saturated rings. The van der Waals surface area contributed by atoms with E-state index in [4.69, 9.17) is 9.97 Å². The highest BCUT2D eigenvalue weighted by Gasteiger charge is 2.25. The van der Waals surface area contributed by atoms with Crippen molar-refractivity contribution in [3.63, 3.8) is 0 Å². The van der Waals surface area contributed by atoms with Gasteiger partial charge < -0.3 is 0 Å². The number of benzene rings is 1. The molecule has 0 spiro atoms. The largest absolute Gasteiger partial charge is 0.241 e. The summed E-state index contributed by atoms with van der Waals surface area (Å²) in [6, 6.07) is 9.37. The number of rotatable bonds is 8. The number of nitrogens with zero attached hydrogens (tertiary/aromatic N) is 2. The zero-order valence-electron chi connectivity index (χ0n) is 16.6. The van der Waals surface area contributed by atoms with Crippen molar-refractivity contribution in [1.29, 1.82) is 0 Å². The summed E-state index contributed by atoms with van der Waals surface area (Å²) in [5.74, 6) is 2.34. The molecule has 0 atom stereocenters. The lowest BCUT2D eigenvalue weighted by atomic mass is 9.78. The van der Waals surface area contributed by atoms with Gasteiger partial charge in [0.05, 0.1) is 0 Å². The molecule has 1 heterocycles. The Labute approximate surface area is 159 Å². The average molecular weight is 351 g/mol. The van der Waals surface area contributed by atoms with Gasteiger partial charge in [-0.1, -0.05) is 57.4 Å². The first-order valence-corrected chi connectivity index (χ1v) is 10.7. The van der Waals surface area contributed by atoms with Crippen molar-refractivity contribution in [2.24, 2.45) is 0 Å². The fourth-order valence-electron chi connectivity index (χ4n) is 4.21. The van der Waals surface area contributed by atoms with Crippen LogP contribution in [0.25, 0.3) is 0 Å². The standard InChI is InChI=1S/C24H34N2/c1-3-5-6-8-20-17-25-24(26-18-20)23-15-13-22(14-16-23)21-11-9-19(7-4-2)10-12-21/h9-12,17-18,22-23H,3-8,13-16H2,1-2H3. The Balaban J connectivity index is 1.51. The van der Waals surface area contributed by atoms with Crippen molar-refractivity contribution in [1.82, 2.24) is 9.97 Å². The summed E-state index contributed by atoms with van der Waals surface area (Å²) in [5.41, 5.74) is 4.29. The van der Waals surface area contributed by atoms with E-state index in [2.05, 4.69) is 50.5 Å². The second kappa shape index (κ2) is 9.85. The van der Waals surface area contributed by atoms with Crippen LogP contribution in [-0.2, 0) is 12.8 Å². The molecule has 3 rings (SSSR count). The fourth-order valence-corrected chi connectivity index (χ4v) is 4.21. The molecule has 1 aliphatic rings. The van der Waals surface area contributed by atoms with Crippen LogP contribution in [0.5, 0.6) is 0 Å². The smallest absolute Gasteiger partial charge is 0.131 e. The molecule has 1 aromatic heterocycles. The average Bonchev–Trinajstić information content (AvgIpc) is 2.70. The SMILES string of the molecule is CCCCCc1cnc(C2CCC(c3ccc(CCC)cc3)CC2)nc1. The second-order valence-corrected chi connectivity index (χ2v) is 7.95. The van der Waals surface area contributed by atoms with Gasteiger partial charge >= 0.3 is 0 Å². The van der Waals surface area contributed by atoms with Gasteiger partial charge in [0.2, 0.25) is 0 Å². The highest BCUT2D eigenvalue weighted by Crippen LogP contribution is 2.39. The first-order chi connectivity index (χ1) is 12.8. The van der Waals surface area contributed by atoms with Gasteiger partial charge in [0.1, 0.15) is 5.82 Å². The lowest BCUT2D eigenvalue weighted by molar-refractivity contribution is 0.385. The van der Waals surface area contributed by atoms with Gasteiger partial charge in [-0.25, -0.2) is 9.97 Å². The molecule has 1 aromatic carbocycles. The summed E-state index contributed by atoms with van der Waals surface area (Å²) < 4.78 is 0. The predicted molar refractivity (Wildman–Crippen MR) is 110 cm³/mol. The van der Waals surface area contributed by atoms with Crippen LogP contribution < -0.4 is 0 Å². The molecule has 1 saturated carbocycles. The van der Waals surface area contributed by atoms with Crippen molar-refractivity contribution in [3.8, 4) is 0 Å². The highest BCUT2D eigenvalue weighted by atomic mass is 14.9. The van der Waals surface area contributed by atoms with E-state index >= 15 is 0 Å². The van der Waals surface area contributed by atoms with Gasteiger partial charge in [-0.3, -0.25) is 0 Å². The minimum atomic E-state index is 0.551. The molecule has 0 bridgehead atoms. The third kappa shape index (κ3) is 5.16. The molecule has 0 N–H and O–H groups in total. The van der Waals surface area contributed by atoms with E-state index in [-0.39, 0.29) is 0 Å². The van der Waals surface area contributed by atoms with E-state index in [1.807, 2.05) is 0 Å². The Morgan fingerprint density at radius 2 is 1.38 bits per heavy atom. The van der Waals surface area contributed by atoms with Crippen molar-refractivity contribution >= 4 is 0 Å². The summed E-state index contributed by atoms with van der Waals surface area (Å²) in [5, 5.41) is 0. The van der Waals surface area contributed by atoms with Gasteiger partial charge in [-0.05, 0) is 67.6 Å². The Morgan fingerprint density at radius 3 is 2.00 bits per heavy atom. The zero-order valence-corrected chi connectivity index (χ0v) is 16.6. The van der Waals surface area contributed by atoms with Gasteiger partial charge in [0.15, 0.2) is 0 Å². The van der Waals surface area contributed by atoms with Crippen molar-refractivity contribution in [2.45, 2.75) is 89.9 Å². The number of aryl methyl sites for hydroxylation is 2. The van der Waals surface area contributed by atoms with Crippen LogP contribution in [0.15, 0.2) is 36.7 Å². The maximum Gasteiger partial charge on any atom is 0.131 e. The van der Waals surface area contributed by atoms with Crippen molar-refractivity contribution < 1.29 is 0 Å². The van der Waals surface area contributed by atoms with Crippen LogP contribution >= 0.6 is 0 Å². The lowest BCUT2D eigenvalue weighted by Crippen LogP contribution is -2.14. The van der Waals surface area contributed by atoms with E-state index in [1.54, 1.807) is 0 Å². The predicted octanol–water partition coefficient (Wildman–Crippen LogP) is 6.60. The summed E-state index contributed by atoms with van der Waals surface area (Å²) in [6.07, 6.45) is 16.4. The number of unbranched alkanes of at least 4 members (excludes halogenated alkanes) is 2. The molecule has 2 aromatic rings. The minimum Gasteiger partial charge on any atom is -0.241 e. The number of aromatic nitrogens is 2. The lowest BCUT2D eigenvalue weighted by Gasteiger charge is -2.28. The number of hydrogen-bond acceptors (Lipinski definition) is 2. The molecular formula is C24H34N2. The molecule has 0 saturated heterocycles. The molecule has 0 unspecified atom stereocenters. The molecule has 0 amide bonds. The van der Waals surface area contributed by atoms with Crippen LogP contribution in [0.2, 0.25) is 0 Å². The summed E-state index contributed by atoms with van der Waals surface area (Å²) in [4.78, 5) is 9.40. The third-order valence-corrected chi connectivity index (χ3v) is 5.88. The first-order valence-electron chi connectivity index (χ1n) is 10.7. The molecule has 26 heavy (non-hydrogen) atoms. The van der Waals surface area contributed by atoms with Crippen molar-refractivity contribution in [3.05, 3.63) is 59.2 Å². The van der Waals surface area contributed by atoms with Crippen LogP contribution in [0.3, 0.4) is 0 Å². The monoisotopic (exact) mass is 350 g/mol. The maximum atomic E-state index is 4.70. The van der Waals surface area contributed by atoms with E-state index in [9.17, 15) is 0 Å². The molecule has 2 heteroatoms. The van der Waals surface area contributed by atoms with Crippen molar-refractivity contribution in [2.75, 3.05) is 0 Å². The van der Waals surface area contributed by atoms with E-state index in [1.165, 1.54) is 74.5 Å². The Hall–Kier alpha value is -1.70. The summed E-state index contributed by atoms with van der Waals surface area (Å²) in [7, 11) is 0. The maximum absolute atomic E-state index is 4.70. The van der Waals surface area contributed by atoms with Gasteiger partial charge in [-0.15, -0.1) is 0 Å². The van der Waals surface area contributed by atoms with Crippen LogP contribution in [0.4, 0.5) is 0 Å². The molecule has 0 aliphatic heterocycles. The second-order valence-electron chi connectivity index (χ2n) is 7.95. The Morgan fingerprint density at radius 1 is 0.731 bits per heavy atom. The normalized spacial score (nSPS) is 20.2. The van der Waals surface area contributed by atoms with Crippen LogP contribution in [-0.4, -0.2) is 9.97 Å². The number of hydrogen-bond donors (Lipinski definition) is 0. The Kier molecular flexibility index (Phi) is 7.22. The fraction of sp³-hybridized carbons (Fsp3) is 0.583. The summed E-state index contributed by atoms with van der Waals surface area (Å²) >= 11 is 0.